The van der Waals surface area contributed by atoms with Crippen LogP contribution in [0.25, 0.3) is 0 Å². The molecular formula is C7H11N3S3. The molecule has 1 aliphatic rings. The Labute approximate surface area is 90.3 Å². The van der Waals surface area contributed by atoms with Gasteiger partial charge in [-0.3, -0.25) is 5.10 Å². The molecule has 1 fully saturated rings. The van der Waals surface area contributed by atoms with E-state index in [1.165, 1.54) is 35.7 Å². The van der Waals surface area contributed by atoms with E-state index in [9.17, 15) is 0 Å². The van der Waals surface area contributed by atoms with Crippen molar-refractivity contribution in [1.82, 2.24) is 10.2 Å². The van der Waals surface area contributed by atoms with E-state index in [2.05, 4.69) is 15.5 Å². The maximum atomic E-state index is 4.96. The summed E-state index contributed by atoms with van der Waals surface area (Å²) < 4.78 is 0.743. The van der Waals surface area contributed by atoms with Crippen LogP contribution >= 0.6 is 35.3 Å². The average molecular weight is 233 g/mol. The molecule has 0 amide bonds. The Bertz CT molecular complexity index is 313. The predicted molar refractivity (Wildman–Crippen MR) is 61.3 cm³/mol. The Kier molecular flexibility index (Phi) is 3.23. The number of rotatable bonds is 2. The van der Waals surface area contributed by atoms with Crippen molar-refractivity contribution in [2.75, 3.05) is 16.8 Å². The van der Waals surface area contributed by atoms with E-state index < -0.39 is 0 Å². The lowest BCUT2D eigenvalue weighted by molar-refractivity contribution is 0.665. The molecule has 1 aliphatic heterocycles. The summed E-state index contributed by atoms with van der Waals surface area (Å²) in [5, 5.41) is 11.2. The van der Waals surface area contributed by atoms with E-state index in [1.807, 2.05) is 11.8 Å². The Hall–Kier alpha value is -0.0700. The van der Waals surface area contributed by atoms with E-state index in [1.54, 1.807) is 0 Å². The SMILES string of the molecule is S=c1[nH]nc(NC2CCSCC2)s1. The summed E-state index contributed by atoms with van der Waals surface area (Å²) in [6, 6.07) is 0.593. The Morgan fingerprint density at radius 3 is 2.85 bits per heavy atom. The molecule has 0 unspecified atom stereocenters. The number of anilines is 1. The molecule has 0 aromatic carbocycles. The normalized spacial score (nSPS) is 18.8. The lowest BCUT2D eigenvalue weighted by Gasteiger charge is -2.21. The van der Waals surface area contributed by atoms with Gasteiger partial charge in [0.1, 0.15) is 0 Å². The van der Waals surface area contributed by atoms with Crippen LogP contribution in [0.1, 0.15) is 12.8 Å². The van der Waals surface area contributed by atoms with Crippen LogP contribution in [0.4, 0.5) is 5.13 Å². The third kappa shape index (κ3) is 2.69. The van der Waals surface area contributed by atoms with Crippen LogP contribution in [0.15, 0.2) is 0 Å². The first-order valence-corrected chi connectivity index (χ1v) is 6.62. The maximum Gasteiger partial charge on any atom is 0.204 e. The summed E-state index contributed by atoms with van der Waals surface area (Å²) in [5.74, 6) is 2.51. The van der Waals surface area contributed by atoms with Gasteiger partial charge in [-0.05, 0) is 36.6 Å². The van der Waals surface area contributed by atoms with Gasteiger partial charge >= 0.3 is 0 Å². The molecule has 0 radical (unpaired) electrons. The minimum absolute atomic E-state index is 0.593. The topological polar surface area (TPSA) is 40.7 Å². The van der Waals surface area contributed by atoms with Crippen molar-refractivity contribution in [1.29, 1.82) is 0 Å². The van der Waals surface area contributed by atoms with Crippen molar-refractivity contribution < 1.29 is 0 Å². The standard InChI is InChI=1S/C7H11N3S3/c11-7-10-9-6(13-7)8-5-1-3-12-4-2-5/h5H,1-4H2,(H,8,9)(H,10,11). The lowest BCUT2D eigenvalue weighted by Crippen LogP contribution is -2.24. The van der Waals surface area contributed by atoms with Crippen LogP contribution in [0, 0.1) is 3.95 Å². The highest BCUT2D eigenvalue weighted by Gasteiger charge is 2.14. The summed E-state index contributed by atoms with van der Waals surface area (Å²) in [6.07, 6.45) is 2.47. The molecule has 0 saturated carbocycles. The second-order valence-corrected chi connectivity index (χ2v) is 5.84. The zero-order valence-corrected chi connectivity index (χ0v) is 9.53. The monoisotopic (exact) mass is 233 g/mol. The zero-order chi connectivity index (χ0) is 9.10. The molecule has 0 aliphatic carbocycles. The fraction of sp³-hybridized carbons (Fsp3) is 0.714. The molecule has 0 bridgehead atoms. The van der Waals surface area contributed by atoms with Gasteiger partial charge in [0, 0.05) is 6.04 Å². The van der Waals surface area contributed by atoms with Crippen molar-refractivity contribution >= 4 is 40.4 Å². The number of hydrogen-bond acceptors (Lipinski definition) is 5. The fourth-order valence-electron chi connectivity index (χ4n) is 1.31. The molecule has 0 spiro atoms. The largest absolute Gasteiger partial charge is 0.357 e. The molecule has 1 aromatic heterocycles. The second-order valence-electron chi connectivity index (χ2n) is 2.95. The van der Waals surface area contributed by atoms with Gasteiger partial charge in [-0.1, -0.05) is 11.3 Å². The van der Waals surface area contributed by atoms with Gasteiger partial charge in [0.25, 0.3) is 0 Å². The average Bonchev–Trinajstić information content (AvgIpc) is 2.53. The van der Waals surface area contributed by atoms with Gasteiger partial charge < -0.3 is 5.32 Å². The molecule has 2 N–H and O–H groups in total. The van der Waals surface area contributed by atoms with Crippen LogP contribution < -0.4 is 5.32 Å². The molecule has 0 atom stereocenters. The zero-order valence-electron chi connectivity index (χ0n) is 7.08. The van der Waals surface area contributed by atoms with Crippen molar-refractivity contribution in [2.24, 2.45) is 0 Å². The Morgan fingerprint density at radius 1 is 1.46 bits per heavy atom. The van der Waals surface area contributed by atoms with Crippen molar-refractivity contribution in [3.8, 4) is 0 Å². The van der Waals surface area contributed by atoms with E-state index in [4.69, 9.17) is 12.2 Å². The first kappa shape index (κ1) is 9.48. The number of H-pyrrole nitrogens is 1. The van der Waals surface area contributed by atoms with Crippen LogP contribution in [0.5, 0.6) is 0 Å². The van der Waals surface area contributed by atoms with Gasteiger partial charge in [-0.25, -0.2) is 0 Å². The molecule has 6 heteroatoms. The quantitative estimate of drug-likeness (QED) is 0.770. The highest BCUT2D eigenvalue weighted by Crippen LogP contribution is 2.21. The number of aromatic amines is 1. The van der Waals surface area contributed by atoms with Crippen LogP contribution in [0.3, 0.4) is 0 Å². The van der Waals surface area contributed by atoms with E-state index in [-0.39, 0.29) is 0 Å². The molecule has 1 saturated heterocycles. The number of thioether (sulfide) groups is 1. The minimum Gasteiger partial charge on any atom is -0.357 e. The van der Waals surface area contributed by atoms with Crippen LogP contribution in [0.2, 0.25) is 0 Å². The van der Waals surface area contributed by atoms with E-state index >= 15 is 0 Å². The number of nitrogens with one attached hydrogen (secondary N) is 2. The summed E-state index contributed by atoms with van der Waals surface area (Å²) in [4.78, 5) is 0. The van der Waals surface area contributed by atoms with Gasteiger partial charge in [0.2, 0.25) is 5.13 Å². The maximum absolute atomic E-state index is 4.96. The van der Waals surface area contributed by atoms with Crippen LogP contribution in [-0.2, 0) is 0 Å². The van der Waals surface area contributed by atoms with Crippen molar-refractivity contribution in [3.63, 3.8) is 0 Å². The molecule has 2 heterocycles. The number of hydrogen-bond donors (Lipinski definition) is 2. The predicted octanol–water partition coefficient (Wildman–Crippen LogP) is 2.51. The lowest BCUT2D eigenvalue weighted by atomic mass is 10.2. The molecule has 72 valence electrons. The first-order chi connectivity index (χ1) is 6.34. The van der Waals surface area contributed by atoms with E-state index in [0.717, 1.165) is 9.09 Å². The van der Waals surface area contributed by atoms with Crippen LogP contribution in [-0.4, -0.2) is 27.7 Å². The molecule has 13 heavy (non-hydrogen) atoms. The van der Waals surface area contributed by atoms with Gasteiger partial charge in [0.05, 0.1) is 0 Å². The second kappa shape index (κ2) is 4.43. The molecular weight excluding hydrogens is 222 g/mol. The smallest absolute Gasteiger partial charge is 0.204 e. The summed E-state index contributed by atoms with van der Waals surface area (Å²) in [7, 11) is 0. The Morgan fingerprint density at radius 2 is 2.23 bits per heavy atom. The number of nitrogens with zero attached hydrogens (tertiary/aromatic N) is 1. The molecule has 2 rings (SSSR count). The number of aromatic nitrogens is 2. The minimum atomic E-state index is 0.593. The van der Waals surface area contributed by atoms with Crippen molar-refractivity contribution in [2.45, 2.75) is 18.9 Å². The Balaban J connectivity index is 1.93. The fourth-order valence-corrected chi connectivity index (χ4v) is 3.28. The summed E-state index contributed by atoms with van der Waals surface area (Å²) >= 11 is 8.50. The summed E-state index contributed by atoms with van der Waals surface area (Å²) in [5.41, 5.74) is 0. The summed E-state index contributed by atoms with van der Waals surface area (Å²) in [6.45, 7) is 0. The molecule has 3 nitrogen and oxygen atoms in total. The highest BCUT2D eigenvalue weighted by molar-refractivity contribution is 7.99. The first-order valence-electron chi connectivity index (χ1n) is 4.24. The highest BCUT2D eigenvalue weighted by atomic mass is 32.2. The van der Waals surface area contributed by atoms with E-state index in [0.29, 0.717) is 6.04 Å². The van der Waals surface area contributed by atoms with Gasteiger partial charge in [-0.2, -0.15) is 11.8 Å². The molecule has 1 aromatic rings. The van der Waals surface area contributed by atoms with Crippen molar-refractivity contribution in [3.05, 3.63) is 3.95 Å². The third-order valence-corrected chi connectivity index (χ3v) is 4.06. The third-order valence-electron chi connectivity index (χ3n) is 1.99. The van der Waals surface area contributed by atoms with Gasteiger partial charge in [-0.15, -0.1) is 5.10 Å². The van der Waals surface area contributed by atoms with Gasteiger partial charge in [0.15, 0.2) is 3.95 Å².